The first kappa shape index (κ1) is 13.9. The molecule has 0 atom stereocenters. The number of hydrogen-bond acceptors (Lipinski definition) is 1. The summed E-state index contributed by atoms with van der Waals surface area (Å²) < 4.78 is 0. The molecule has 0 amide bonds. The summed E-state index contributed by atoms with van der Waals surface area (Å²) in [5.74, 6) is 0. The van der Waals surface area contributed by atoms with Crippen LogP contribution < -0.4 is 0 Å². The minimum absolute atomic E-state index is 0.668. The van der Waals surface area contributed by atoms with E-state index in [-0.39, 0.29) is 0 Å². The van der Waals surface area contributed by atoms with E-state index < -0.39 is 0 Å². The summed E-state index contributed by atoms with van der Waals surface area (Å²) in [6.07, 6.45) is 14.7. The summed E-state index contributed by atoms with van der Waals surface area (Å²) >= 11 is 3.43. The molecule has 0 aliphatic heterocycles. The fraction of sp³-hybridized carbons (Fsp3) is 0.750. The van der Waals surface area contributed by atoms with Crippen molar-refractivity contribution in [1.82, 2.24) is 0 Å². The largest absolute Gasteiger partial charge is 0.303 e. The van der Waals surface area contributed by atoms with E-state index in [0.29, 0.717) is 6.42 Å². The van der Waals surface area contributed by atoms with Crippen molar-refractivity contribution in [3.8, 4) is 0 Å². The van der Waals surface area contributed by atoms with Gasteiger partial charge in [0.05, 0.1) is 0 Å². The molecular formula is C12H21BrO. The Balaban J connectivity index is 2.97. The third-order valence-electron chi connectivity index (χ3n) is 2.12. The smallest absolute Gasteiger partial charge is 0.120 e. The van der Waals surface area contributed by atoms with Crippen molar-refractivity contribution in [1.29, 1.82) is 0 Å². The molecule has 0 rings (SSSR count). The number of carbonyl (C=O) groups excluding carboxylic acids is 1. The van der Waals surface area contributed by atoms with Crippen LogP contribution in [0.15, 0.2) is 12.2 Å². The maximum Gasteiger partial charge on any atom is 0.120 e. The van der Waals surface area contributed by atoms with E-state index in [1.165, 1.54) is 38.5 Å². The first-order valence-electron chi connectivity index (χ1n) is 5.56. The highest BCUT2D eigenvalue weighted by Gasteiger charge is 1.88. The van der Waals surface area contributed by atoms with Crippen molar-refractivity contribution in [2.24, 2.45) is 0 Å². The topological polar surface area (TPSA) is 17.1 Å². The highest BCUT2D eigenvalue weighted by Crippen LogP contribution is 2.07. The summed E-state index contributed by atoms with van der Waals surface area (Å²) in [4.78, 5) is 10.0. The molecule has 2 heteroatoms. The lowest BCUT2D eigenvalue weighted by molar-refractivity contribution is -0.107. The zero-order valence-electron chi connectivity index (χ0n) is 8.88. The molecule has 0 bridgehead atoms. The quantitative estimate of drug-likeness (QED) is 0.248. The minimum atomic E-state index is 0.668. The summed E-state index contributed by atoms with van der Waals surface area (Å²) in [6.45, 7) is 0. The van der Waals surface area contributed by atoms with Crippen molar-refractivity contribution in [2.75, 3.05) is 5.33 Å². The van der Waals surface area contributed by atoms with Gasteiger partial charge in [-0.05, 0) is 25.7 Å². The number of alkyl halides is 1. The maximum atomic E-state index is 10.0. The van der Waals surface area contributed by atoms with Crippen LogP contribution in [0.2, 0.25) is 0 Å². The molecule has 0 saturated carbocycles. The van der Waals surface area contributed by atoms with E-state index in [4.69, 9.17) is 0 Å². The molecule has 0 aliphatic carbocycles. The van der Waals surface area contributed by atoms with Gasteiger partial charge in [-0.1, -0.05) is 47.3 Å². The van der Waals surface area contributed by atoms with Gasteiger partial charge in [0.15, 0.2) is 0 Å². The first-order valence-corrected chi connectivity index (χ1v) is 6.68. The van der Waals surface area contributed by atoms with Gasteiger partial charge in [0.2, 0.25) is 0 Å². The predicted molar refractivity (Wildman–Crippen MR) is 65.9 cm³/mol. The summed E-state index contributed by atoms with van der Waals surface area (Å²) in [5, 5.41) is 1.14. The van der Waals surface area contributed by atoms with Gasteiger partial charge < -0.3 is 4.79 Å². The fourth-order valence-corrected chi connectivity index (χ4v) is 1.68. The normalized spacial score (nSPS) is 10.9. The molecule has 0 saturated heterocycles. The number of rotatable bonds is 10. The molecule has 0 heterocycles. The van der Waals surface area contributed by atoms with E-state index in [0.717, 1.165) is 18.0 Å². The Hall–Kier alpha value is -0.110. The van der Waals surface area contributed by atoms with E-state index in [2.05, 4.69) is 28.1 Å². The van der Waals surface area contributed by atoms with Crippen LogP contribution in [-0.4, -0.2) is 11.6 Å². The number of carbonyl (C=O) groups is 1. The molecule has 0 aromatic carbocycles. The number of hydrogen-bond donors (Lipinski definition) is 0. The van der Waals surface area contributed by atoms with Gasteiger partial charge in [-0.3, -0.25) is 0 Å². The molecule has 82 valence electrons. The zero-order valence-corrected chi connectivity index (χ0v) is 10.5. The zero-order chi connectivity index (χ0) is 10.5. The third-order valence-corrected chi connectivity index (χ3v) is 2.68. The predicted octanol–water partition coefficient (Wildman–Crippen LogP) is 4.26. The molecule has 0 unspecified atom stereocenters. The van der Waals surface area contributed by atoms with Crippen molar-refractivity contribution >= 4 is 22.2 Å². The molecule has 1 nitrogen and oxygen atoms in total. The maximum absolute atomic E-state index is 10.0. The third kappa shape index (κ3) is 11.9. The lowest BCUT2D eigenvalue weighted by atomic mass is 10.1. The van der Waals surface area contributed by atoms with E-state index in [1.807, 2.05) is 0 Å². The highest BCUT2D eigenvalue weighted by molar-refractivity contribution is 9.09. The first-order chi connectivity index (χ1) is 6.91. The Labute approximate surface area is 96.1 Å². The number of unbranched alkanes of at least 4 members (excludes halogenated alkanes) is 6. The van der Waals surface area contributed by atoms with Gasteiger partial charge in [-0.15, -0.1) is 0 Å². The fourth-order valence-electron chi connectivity index (χ4n) is 1.29. The second-order valence-corrected chi connectivity index (χ2v) is 4.25. The second kappa shape index (κ2) is 12.9. The molecule has 0 aromatic heterocycles. The molecule has 14 heavy (non-hydrogen) atoms. The summed E-state index contributed by atoms with van der Waals surface area (Å²) in [7, 11) is 0. The Morgan fingerprint density at radius 2 is 1.43 bits per heavy atom. The van der Waals surface area contributed by atoms with Crippen molar-refractivity contribution in [3.05, 3.63) is 12.2 Å². The van der Waals surface area contributed by atoms with Crippen LogP contribution >= 0.6 is 15.9 Å². The average Bonchev–Trinajstić information content (AvgIpc) is 2.21. The molecule has 0 N–H and O–H groups in total. The minimum Gasteiger partial charge on any atom is -0.303 e. The van der Waals surface area contributed by atoms with E-state index in [9.17, 15) is 4.79 Å². The molecule has 0 aromatic rings. The molecular weight excluding hydrogens is 240 g/mol. The van der Waals surface area contributed by atoms with E-state index in [1.54, 1.807) is 0 Å². The second-order valence-electron chi connectivity index (χ2n) is 3.46. The van der Waals surface area contributed by atoms with Gasteiger partial charge >= 0.3 is 0 Å². The van der Waals surface area contributed by atoms with Crippen LogP contribution in [0.25, 0.3) is 0 Å². The summed E-state index contributed by atoms with van der Waals surface area (Å²) in [5.41, 5.74) is 0. The standard InChI is InChI=1S/C12H21BrO/c13-11-9-7-5-3-1-2-4-6-8-10-12-14/h4,6,12H,1-3,5,7-11H2/b6-4+. The monoisotopic (exact) mass is 260 g/mol. The van der Waals surface area contributed by atoms with Gasteiger partial charge in [0.25, 0.3) is 0 Å². The lowest BCUT2D eigenvalue weighted by Crippen LogP contribution is -1.79. The number of aldehydes is 1. The highest BCUT2D eigenvalue weighted by atomic mass is 79.9. The molecule has 0 fully saturated rings. The van der Waals surface area contributed by atoms with Gasteiger partial charge in [-0.2, -0.15) is 0 Å². The van der Waals surface area contributed by atoms with Crippen LogP contribution in [0.1, 0.15) is 51.4 Å². The lowest BCUT2D eigenvalue weighted by Gasteiger charge is -1.96. The molecule has 0 aliphatic rings. The average molecular weight is 261 g/mol. The van der Waals surface area contributed by atoms with Crippen LogP contribution in [0.3, 0.4) is 0 Å². The Bertz CT molecular complexity index is 143. The Kier molecular flexibility index (Phi) is 12.8. The van der Waals surface area contributed by atoms with Gasteiger partial charge in [0, 0.05) is 11.8 Å². The number of halogens is 1. The summed E-state index contributed by atoms with van der Waals surface area (Å²) in [6, 6.07) is 0. The Morgan fingerprint density at radius 3 is 2.14 bits per heavy atom. The van der Waals surface area contributed by atoms with Crippen LogP contribution in [0, 0.1) is 0 Å². The van der Waals surface area contributed by atoms with E-state index >= 15 is 0 Å². The van der Waals surface area contributed by atoms with Crippen LogP contribution in [0.4, 0.5) is 0 Å². The number of allylic oxidation sites excluding steroid dienone is 2. The van der Waals surface area contributed by atoms with Crippen molar-refractivity contribution < 1.29 is 4.79 Å². The van der Waals surface area contributed by atoms with Crippen molar-refractivity contribution in [2.45, 2.75) is 51.4 Å². The molecule has 0 radical (unpaired) electrons. The van der Waals surface area contributed by atoms with Crippen LogP contribution in [0.5, 0.6) is 0 Å². The van der Waals surface area contributed by atoms with Gasteiger partial charge in [0.1, 0.15) is 6.29 Å². The van der Waals surface area contributed by atoms with Crippen LogP contribution in [-0.2, 0) is 4.79 Å². The molecule has 0 spiro atoms. The Morgan fingerprint density at radius 1 is 0.786 bits per heavy atom. The van der Waals surface area contributed by atoms with Crippen molar-refractivity contribution in [3.63, 3.8) is 0 Å². The SMILES string of the molecule is O=CCC/C=C/CCCCCCCBr. The van der Waals surface area contributed by atoms with Gasteiger partial charge in [-0.25, -0.2) is 0 Å².